The van der Waals surface area contributed by atoms with Crippen molar-refractivity contribution in [2.75, 3.05) is 129 Å². The van der Waals surface area contributed by atoms with E-state index < -0.39 is 166 Å². The van der Waals surface area contributed by atoms with Crippen LogP contribution < -0.4 is 35.8 Å². The average Bonchev–Trinajstić information content (AvgIpc) is 0.761. The first-order valence-electron chi connectivity index (χ1n) is 37.0. The Morgan fingerprint density at radius 1 is 0.624 bits per heavy atom. The maximum Gasteiger partial charge on any atom is 0.336 e. The number of carbonyl (C=O) groups excluding carboxylic acids is 7. The van der Waals surface area contributed by atoms with E-state index in [1.54, 1.807) is 11.0 Å². The highest BCUT2D eigenvalue weighted by Crippen LogP contribution is 2.43. The van der Waals surface area contributed by atoms with Crippen LogP contribution in [0.1, 0.15) is 154 Å². The van der Waals surface area contributed by atoms with Gasteiger partial charge in [-0.25, -0.2) is 9.37 Å². The minimum atomic E-state index is -1.74. The van der Waals surface area contributed by atoms with E-state index in [1.807, 2.05) is 12.1 Å². The fourth-order valence-corrected chi connectivity index (χ4v) is 15.2. The molecule has 0 aliphatic carbocycles. The van der Waals surface area contributed by atoms with Crippen molar-refractivity contribution in [3.8, 4) is 11.5 Å². The molecule has 0 aromatic heterocycles. The molecule has 5 aliphatic heterocycles. The van der Waals surface area contributed by atoms with Crippen molar-refractivity contribution in [3.63, 3.8) is 0 Å². The molecule has 3 atom stereocenters. The molecule has 0 saturated carbocycles. The van der Waals surface area contributed by atoms with Crippen molar-refractivity contribution >= 4 is 100 Å². The molecule has 109 heavy (non-hydrogen) atoms. The van der Waals surface area contributed by atoms with E-state index >= 15 is 0 Å². The Hall–Kier alpha value is -10.7. The molecule has 6 amide bonds. The van der Waals surface area contributed by atoms with Gasteiger partial charge in [0.15, 0.2) is 0 Å². The van der Waals surface area contributed by atoms with Gasteiger partial charge in [0, 0.05) is 143 Å². The zero-order valence-corrected chi connectivity index (χ0v) is 61.8. The number of nitrogens with two attached hydrogens (primary N) is 1. The molecule has 10 N–H and O–H groups in total. The Morgan fingerprint density at radius 3 is 1.85 bits per heavy atom. The topological polar surface area (TPSA) is 469 Å². The van der Waals surface area contributed by atoms with Gasteiger partial charge in [0.1, 0.15) is 42.2 Å². The number of benzene rings is 3. The number of nitrogens with zero attached hydrogens (tertiary/aromatic N) is 10. The fraction of sp³-hybridized carbons (Fsp3) is 0.547. The number of hydrogen-bond acceptors (Lipinski definition) is 20. The van der Waals surface area contributed by atoms with E-state index in [2.05, 4.69) is 45.8 Å². The highest BCUT2D eigenvalue weighted by atomic mass is 16.5. The van der Waals surface area contributed by atoms with Gasteiger partial charge in [0.05, 0.1) is 63.0 Å². The number of aromatic carboxylic acids is 1. The monoisotopic (exact) mass is 1520 g/mol. The van der Waals surface area contributed by atoms with Gasteiger partial charge in [-0.1, -0.05) is 6.42 Å². The Bertz CT molecular complexity index is 4120. The van der Waals surface area contributed by atoms with Gasteiger partial charge in [0.25, 0.3) is 11.8 Å². The molecule has 34 nitrogen and oxygen atoms in total. The van der Waals surface area contributed by atoms with Crippen LogP contribution in [0.4, 0.5) is 5.69 Å². The third kappa shape index (κ3) is 22.9. The van der Waals surface area contributed by atoms with Gasteiger partial charge in [-0.2, -0.15) is 4.99 Å². The Labute approximate surface area is 629 Å². The summed E-state index contributed by atoms with van der Waals surface area (Å²) in [5, 5.41) is 74.5. The summed E-state index contributed by atoms with van der Waals surface area (Å²) in [6.45, 7) is 2.56. The number of hydrogen-bond donors (Lipinski definition) is 9. The van der Waals surface area contributed by atoms with Crippen LogP contribution in [0.15, 0.2) is 47.5 Å². The van der Waals surface area contributed by atoms with E-state index in [4.69, 9.17) is 10.5 Å². The molecule has 1 saturated heterocycles. The number of primary amides is 1. The molecule has 3 unspecified atom stereocenters. The second-order valence-corrected chi connectivity index (χ2v) is 27.9. The number of Topliss-reactive ketones (excluding diaryl/α,β-unsaturated/α-hetero) is 1. The average molecular weight is 1520 g/mol. The molecule has 2 bridgehead atoms. The molecule has 1 fully saturated rings. The lowest BCUT2D eigenvalue weighted by Gasteiger charge is -2.34. The number of ether oxygens (including phenoxy) is 1. The number of amidine groups is 1. The van der Waals surface area contributed by atoms with Gasteiger partial charge in [0.2, 0.25) is 29.0 Å². The third-order valence-electron chi connectivity index (χ3n) is 20.4. The highest BCUT2D eigenvalue weighted by molar-refractivity contribution is 6.03. The van der Waals surface area contributed by atoms with Crippen LogP contribution in [0.25, 0.3) is 5.57 Å². The van der Waals surface area contributed by atoms with Crippen molar-refractivity contribution in [2.45, 2.75) is 142 Å². The standard InChI is InChI=1S/C75H98N12O22/c1-4-79-25-9-13-47-35-52-59(38-57(47)79)109-60-39-58-48(14-10-26-80(58)5-2)36-53(60)71(52)51-37-49(16-17-50(51)74(105)106)72(103)77-24-8-6-7-15-63(90)82-28-11-27-81-31-32-83(29-12-30-84(34-33-82)65(92)23-20-56(75(107)108)87(44-69(99)100)45-70(101)102)64(91)22-19-55(85(40-61(76)89)41-66(93)94)73(104)78-62(81)21-18-54(46(3)88)86(42-67(95)96)43-68(97)98/h16-17,35-39,54-56H,4-15,18-34,40-45H2,1-3H3,(H9-,76,77,89,93,94,95,96,97,98,99,100,101,102,103,105,106,107,108)/p+1. The summed E-state index contributed by atoms with van der Waals surface area (Å²) in [6, 6.07) is 8.07. The predicted octanol–water partition coefficient (Wildman–Crippen LogP) is 0.712. The smallest absolute Gasteiger partial charge is 0.336 e. The summed E-state index contributed by atoms with van der Waals surface area (Å²) < 4.78 is 9.09. The molecular weight excluding hydrogens is 1420 g/mol. The minimum absolute atomic E-state index is 0.00989. The molecule has 0 spiro atoms. The number of rotatable bonds is 34. The number of fused-ring (bicyclic) bond motifs is 7. The van der Waals surface area contributed by atoms with Crippen molar-refractivity contribution in [1.29, 1.82) is 0 Å². The number of unbranched alkanes of at least 4 members (excludes halogenated alkanes) is 2. The lowest BCUT2D eigenvalue weighted by molar-refractivity contribution is -0.151. The van der Waals surface area contributed by atoms with Crippen molar-refractivity contribution in [2.24, 2.45) is 10.7 Å². The number of aliphatic carboxylic acids is 6. The van der Waals surface area contributed by atoms with Crippen molar-refractivity contribution in [1.82, 2.24) is 44.2 Å². The first-order chi connectivity index (χ1) is 51.9. The number of carboxylic acids is 7. The van der Waals surface area contributed by atoms with E-state index in [0.717, 1.165) is 90.8 Å². The molecule has 8 rings (SSSR count). The van der Waals surface area contributed by atoms with Crippen LogP contribution in [0.3, 0.4) is 0 Å². The van der Waals surface area contributed by atoms with Gasteiger partial charge in [-0.3, -0.25) is 77.0 Å². The van der Waals surface area contributed by atoms with Gasteiger partial charge in [-0.05, 0) is 126 Å². The second-order valence-electron chi connectivity index (χ2n) is 27.9. The lowest BCUT2D eigenvalue weighted by atomic mass is 9.85. The second kappa shape index (κ2) is 39.4. The summed E-state index contributed by atoms with van der Waals surface area (Å²) in [5.74, 6) is -13.9. The third-order valence-corrected chi connectivity index (χ3v) is 20.4. The molecule has 590 valence electrons. The molecule has 0 radical (unpaired) electrons. The van der Waals surface area contributed by atoms with Crippen LogP contribution in [0, 0.1) is 0 Å². The summed E-state index contributed by atoms with van der Waals surface area (Å²) in [7, 11) is 0. The van der Waals surface area contributed by atoms with Crippen molar-refractivity contribution in [3.05, 3.63) is 86.4 Å². The molecular formula is C75H99N12O22+. The van der Waals surface area contributed by atoms with Gasteiger partial charge in [-0.15, -0.1) is 0 Å². The summed E-state index contributed by atoms with van der Waals surface area (Å²) in [4.78, 5) is 199. The largest absolute Gasteiger partial charge is 0.480 e. The molecule has 3 aromatic carbocycles. The number of aliphatic imine (C=N–C) groups is 1. The normalized spacial score (nSPS) is 17.0. The Morgan fingerprint density at radius 2 is 1.25 bits per heavy atom. The Balaban J connectivity index is 1.06. The number of amides is 6. The van der Waals surface area contributed by atoms with Gasteiger partial charge < -0.3 is 76.0 Å². The number of carbonyl (C=O) groups is 14. The van der Waals surface area contributed by atoms with E-state index in [1.165, 1.54) is 26.8 Å². The SMILES string of the molecule is CCN1CCCc2cc3c(cc21)Oc1cc2c(cc1=C3c1cc(C(=O)NCCCCCC(=O)N3CCCN4CCN(CCCN(C(=O)CCC(C(=O)O)N(CC(=O)O)CC(=O)O)CC3)C(=O)CCC(N(CC(N)=O)CC(=O)O)C(=O)N=C4CCC(C(C)=O)N(CC(=O)O)CC(=O)O)ccc1C(=O)O)CCC[N+]=2CC. The minimum Gasteiger partial charge on any atom is -0.480 e. The maximum absolute atomic E-state index is 14.7. The van der Waals surface area contributed by atoms with Crippen LogP contribution in [-0.4, -0.2) is 301 Å². The number of ketones is 1. The number of aryl methyl sites for hydroxylation is 2. The van der Waals surface area contributed by atoms with E-state index in [9.17, 15) is 103 Å². The van der Waals surface area contributed by atoms with Gasteiger partial charge >= 0.3 is 41.8 Å². The molecule has 34 heteroatoms. The quantitative estimate of drug-likeness (QED) is 0.0230. The Kier molecular flexibility index (Phi) is 30.3. The summed E-state index contributed by atoms with van der Waals surface area (Å²) in [5.41, 5.74) is 10.7. The van der Waals surface area contributed by atoms with Crippen LogP contribution >= 0.6 is 0 Å². The molecule has 5 aliphatic rings. The summed E-state index contributed by atoms with van der Waals surface area (Å²) >= 11 is 0. The van der Waals surface area contributed by atoms with Crippen molar-refractivity contribution < 1.29 is 108 Å². The number of nitrogens with one attached hydrogen (secondary N) is 1. The predicted molar refractivity (Wildman–Crippen MR) is 392 cm³/mol. The summed E-state index contributed by atoms with van der Waals surface area (Å²) in [6.07, 6.45) is 2.07. The van der Waals surface area contributed by atoms with E-state index in [0.29, 0.717) is 51.2 Å². The highest BCUT2D eigenvalue weighted by Gasteiger charge is 2.37. The molecule has 5 heterocycles. The number of carboxylic acid groups (broad SMARTS) is 7. The van der Waals surface area contributed by atoms with Crippen LogP contribution in [0.5, 0.6) is 11.5 Å². The molecule has 3 aromatic rings. The zero-order chi connectivity index (χ0) is 79.3. The van der Waals surface area contributed by atoms with E-state index in [-0.39, 0.29) is 114 Å². The lowest BCUT2D eigenvalue weighted by Crippen LogP contribution is -2.48. The van der Waals surface area contributed by atoms with Crippen LogP contribution in [-0.2, 0) is 70.4 Å². The zero-order valence-electron chi connectivity index (χ0n) is 61.8. The first-order valence-corrected chi connectivity index (χ1v) is 37.0. The fourth-order valence-electron chi connectivity index (χ4n) is 15.2. The maximum atomic E-state index is 14.7. The first kappa shape index (κ1) is 83.9. The number of anilines is 1. The van der Waals surface area contributed by atoms with Crippen LogP contribution in [0.2, 0.25) is 0 Å².